The fourth-order valence-electron chi connectivity index (χ4n) is 3.35. The normalized spacial score (nSPS) is 10.9. The van der Waals surface area contributed by atoms with Crippen molar-refractivity contribution < 1.29 is 13.2 Å². The maximum absolute atomic E-state index is 12.0. The minimum Gasteiger partial charge on any atom is -0.324 e. The number of benzene rings is 3. The van der Waals surface area contributed by atoms with Crippen LogP contribution in [-0.4, -0.2) is 23.9 Å². The van der Waals surface area contributed by atoms with E-state index in [4.69, 9.17) is 11.6 Å². The molecule has 0 aliphatic carbocycles. The van der Waals surface area contributed by atoms with Gasteiger partial charge in [-0.05, 0) is 47.9 Å². The maximum Gasteiger partial charge on any atom is 0.319 e. The van der Waals surface area contributed by atoms with Gasteiger partial charge < -0.3 is 4.57 Å². The highest BCUT2D eigenvalue weighted by atomic mass is 35.5. The van der Waals surface area contributed by atoms with Crippen molar-refractivity contribution in [3.05, 3.63) is 88.7 Å². The van der Waals surface area contributed by atoms with E-state index < -0.39 is 16.4 Å². The lowest BCUT2D eigenvalue weighted by Crippen LogP contribution is -2.03. The van der Waals surface area contributed by atoms with E-state index in [1.165, 1.54) is 6.07 Å². The molecule has 0 radical (unpaired) electrons. The van der Waals surface area contributed by atoms with E-state index in [9.17, 15) is 13.2 Å². The second kappa shape index (κ2) is 8.22. The molecular weight excluding hydrogens is 422 g/mol. The quantitative estimate of drug-likeness (QED) is 0.454. The van der Waals surface area contributed by atoms with Gasteiger partial charge in [-0.1, -0.05) is 58.4 Å². The first-order valence-corrected chi connectivity index (χ1v) is 10.5. The molecule has 4 rings (SSSR count). The number of aromatic nitrogens is 2. The highest BCUT2D eigenvalue weighted by Crippen LogP contribution is 2.28. The van der Waals surface area contributed by atoms with E-state index in [0.29, 0.717) is 22.6 Å². The summed E-state index contributed by atoms with van der Waals surface area (Å²) in [7, 11) is -2.80. The Morgan fingerprint density at radius 2 is 1.80 bits per heavy atom. The van der Waals surface area contributed by atoms with Crippen molar-refractivity contribution in [1.82, 2.24) is 9.55 Å². The number of halogens is 1. The van der Waals surface area contributed by atoms with E-state index in [1.807, 2.05) is 60.0 Å². The number of nitrogens with zero attached hydrogens (tertiary/aromatic N) is 3. The molecule has 4 aromatic rings. The van der Waals surface area contributed by atoms with Gasteiger partial charge >= 0.3 is 10.5 Å². The second-order valence-corrected chi connectivity index (χ2v) is 7.76. The second-order valence-electron chi connectivity index (χ2n) is 6.73. The summed E-state index contributed by atoms with van der Waals surface area (Å²) in [6, 6.07) is 20.7. The summed E-state index contributed by atoms with van der Waals surface area (Å²) in [4.78, 5) is 16.5. The van der Waals surface area contributed by atoms with E-state index >= 15 is 0 Å². The van der Waals surface area contributed by atoms with E-state index in [1.54, 1.807) is 12.1 Å². The molecule has 1 aromatic heterocycles. The number of fused-ring (bicyclic) bond motifs is 1. The van der Waals surface area contributed by atoms with Crippen LogP contribution in [0.3, 0.4) is 0 Å². The standard InChI is InChI=1S/C22H16ClN3O3S/c1-14-24-20-10-9-17(22(27)25-30(28)29)12-21(20)26(14)13-18-8-7-16(11-19(18)23)15-5-3-2-4-6-15/h2-12H,13H2,1H3. The number of carbonyl (C=O) groups excluding carboxylic acids is 1. The zero-order valence-electron chi connectivity index (χ0n) is 15.9. The van der Waals surface area contributed by atoms with Crippen LogP contribution < -0.4 is 0 Å². The highest BCUT2D eigenvalue weighted by Gasteiger charge is 2.13. The lowest BCUT2D eigenvalue weighted by molar-refractivity contribution is 0.100. The summed E-state index contributed by atoms with van der Waals surface area (Å²) in [6.45, 7) is 2.32. The first-order valence-electron chi connectivity index (χ1n) is 9.08. The molecule has 3 aromatic carbocycles. The Bertz CT molecular complexity index is 1400. The van der Waals surface area contributed by atoms with Crippen molar-refractivity contribution in [2.24, 2.45) is 4.36 Å². The number of hydrogen-bond acceptors (Lipinski definition) is 4. The van der Waals surface area contributed by atoms with Crippen LogP contribution in [0.2, 0.25) is 5.02 Å². The largest absolute Gasteiger partial charge is 0.324 e. The van der Waals surface area contributed by atoms with Crippen LogP contribution in [0.5, 0.6) is 0 Å². The third-order valence-corrected chi connectivity index (χ3v) is 5.50. The average Bonchev–Trinajstić information content (AvgIpc) is 3.04. The zero-order valence-corrected chi connectivity index (χ0v) is 17.5. The lowest BCUT2D eigenvalue weighted by Gasteiger charge is -2.11. The smallest absolute Gasteiger partial charge is 0.319 e. The Labute approximate surface area is 179 Å². The lowest BCUT2D eigenvalue weighted by atomic mass is 10.0. The number of aryl methyl sites for hydroxylation is 1. The molecule has 8 heteroatoms. The minimum atomic E-state index is -2.80. The molecular formula is C22H16ClN3O3S. The van der Waals surface area contributed by atoms with Crippen LogP contribution >= 0.6 is 11.6 Å². The SMILES string of the molecule is Cc1nc2ccc(C(=O)N=S(=O)=O)cc2n1Cc1ccc(-c2ccccc2)cc1Cl. The molecule has 0 spiro atoms. The minimum absolute atomic E-state index is 0.179. The van der Waals surface area contributed by atoms with Crippen molar-refractivity contribution in [3.63, 3.8) is 0 Å². The fourth-order valence-corrected chi connectivity index (χ4v) is 3.83. The molecule has 0 N–H and O–H groups in total. The van der Waals surface area contributed by atoms with Gasteiger partial charge in [-0.15, -0.1) is 0 Å². The Balaban J connectivity index is 1.72. The Morgan fingerprint density at radius 3 is 2.50 bits per heavy atom. The summed E-state index contributed by atoms with van der Waals surface area (Å²) >= 11 is 6.57. The van der Waals surface area contributed by atoms with Crippen LogP contribution in [0.1, 0.15) is 21.7 Å². The summed E-state index contributed by atoms with van der Waals surface area (Å²) < 4.78 is 26.4. The molecule has 0 bridgehead atoms. The van der Waals surface area contributed by atoms with Gasteiger partial charge in [0, 0.05) is 10.6 Å². The monoisotopic (exact) mass is 437 g/mol. The molecule has 1 heterocycles. The van der Waals surface area contributed by atoms with Crippen molar-refractivity contribution in [2.75, 3.05) is 0 Å². The molecule has 1 amide bonds. The number of imidazole rings is 1. The summed E-state index contributed by atoms with van der Waals surface area (Å²) in [5.41, 5.74) is 4.59. The number of rotatable bonds is 4. The molecule has 0 unspecified atom stereocenters. The Kier molecular flexibility index (Phi) is 5.48. The first-order chi connectivity index (χ1) is 14.4. The third kappa shape index (κ3) is 4.03. The van der Waals surface area contributed by atoms with Gasteiger partial charge in [0.1, 0.15) is 5.82 Å². The van der Waals surface area contributed by atoms with Crippen molar-refractivity contribution in [3.8, 4) is 11.1 Å². The van der Waals surface area contributed by atoms with Gasteiger partial charge in [-0.25, -0.2) is 4.98 Å². The Hall–Kier alpha value is -3.29. The number of amides is 1. The van der Waals surface area contributed by atoms with Gasteiger partial charge in [0.05, 0.1) is 17.6 Å². The van der Waals surface area contributed by atoms with Gasteiger partial charge in [-0.2, -0.15) is 8.42 Å². The number of carbonyl (C=O) groups is 1. The zero-order chi connectivity index (χ0) is 21.3. The predicted octanol–water partition coefficient (Wildman–Crippen LogP) is 4.92. The van der Waals surface area contributed by atoms with Crippen molar-refractivity contribution >= 4 is 39.0 Å². The van der Waals surface area contributed by atoms with Crippen LogP contribution in [-0.2, 0) is 17.0 Å². The van der Waals surface area contributed by atoms with Crippen LogP contribution in [0.4, 0.5) is 0 Å². The molecule has 0 saturated carbocycles. The van der Waals surface area contributed by atoms with Gasteiger partial charge in [0.2, 0.25) is 0 Å². The molecule has 0 aliphatic rings. The maximum atomic E-state index is 12.0. The van der Waals surface area contributed by atoms with Gasteiger partial charge in [0.15, 0.2) is 0 Å². The summed E-state index contributed by atoms with van der Waals surface area (Å²) in [6.07, 6.45) is 0. The van der Waals surface area contributed by atoms with E-state index in [-0.39, 0.29) is 5.56 Å². The van der Waals surface area contributed by atoms with Gasteiger partial charge in [0.25, 0.3) is 5.91 Å². The first kappa shape index (κ1) is 20.0. The molecule has 150 valence electrons. The topological polar surface area (TPSA) is 81.4 Å². The molecule has 0 fully saturated rings. The fraction of sp³-hybridized carbons (Fsp3) is 0.0909. The Morgan fingerprint density at radius 1 is 1.03 bits per heavy atom. The molecule has 30 heavy (non-hydrogen) atoms. The van der Waals surface area contributed by atoms with E-state index in [2.05, 4.69) is 9.35 Å². The van der Waals surface area contributed by atoms with Crippen LogP contribution in [0.25, 0.3) is 22.2 Å². The van der Waals surface area contributed by atoms with Gasteiger partial charge in [-0.3, -0.25) is 4.79 Å². The molecule has 6 nitrogen and oxygen atoms in total. The summed E-state index contributed by atoms with van der Waals surface area (Å²) in [5.74, 6) is -0.0666. The molecule has 0 aliphatic heterocycles. The van der Waals surface area contributed by atoms with Crippen molar-refractivity contribution in [1.29, 1.82) is 0 Å². The van der Waals surface area contributed by atoms with Crippen LogP contribution in [0.15, 0.2) is 71.1 Å². The highest BCUT2D eigenvalue weighted by molar-refractivity contribution is 7.62. The van der Waals surface area contributed by atoms with Crippen molar-refractivity contribution in [2.45, 2.75) is 13.5 Å². The number of hydrogen-bond donors (Lipinski definition) is 0. The third-order valence-electron chi connectivity index (χ3n) is 4.83. The predicted molar refractivity (Wildman–Crippen MR) is 116 cm³/mol. The average molecular weight is 438 g/mol. The molecule has 0 atom stereocenters. The van der Waals surface area contributed by atoms with E-state index in [0.717, 1.165) is 22.5 Å². The van der Waals surface area contributed by atoms with Crippen LogP contribution in [0, 0.1) is 6.92 Å². The molecule has 0 saturated heterocycles. The summed E-state index contributed by atoms with van der Waals surface area (Å²) in [5, 5.41) is 0.626.